The van der Waals surface area contributed by atoms with E-state index in [2.05, 4.69) is 0 Å². The summed E-state index contributed by atoms with van der Waals surface area (Å²) in [4.78, 5) is 14.3. The first kappa shape index (κ1) is 11.9. The Hall–Kier alpha value is -1.84. The molecule has 2 aliphatic heterocycles. The third kappa shape index (κ3) is 1.37. The Morgan fingerprint density at radius 3 is 2.85 bits per heavy atom. The van der Waals surface area contributed by atoms with Gasteiger partial charge in [0.05, 0.1) is 6.61 Å². The number of amides is 1. The molecule has 2 aromatic rings. The van der Waals surface area contributed by atoms with Crippen LogP contribution in [-0.2, 0) is 10.5 Å². The van der Waals surface area contributed by atoms with Crippen molar-refractivity contribution < 1.29 is 9.53 Å². The average Bonchev–Trinajstić information content (AvgIpc) is 3.00. The molecule has 1 atom stereocenters. The van der Waals surface area contributed by atoms with Crippen molar-refractivity contribution in [2.75, 3.05) is 13.2 Å². The highest BCUT2D eigenvalue weighted by atomic mass is 35.5. The van der Waals surface area contributed by atoms with Gasteiger partial charge in [0, 0.05) is 28.3 Å². The highest BCUT2D eigenvalue weighted by Gasteiger charge is 2.54. The minimum absolute atomic E-state index is 0.0260. The number of carbonyl (C=O) groups is 1. The zero-order valence-electron chi connectivity index (χ0n) is 10.7. The molecule has 0 bridgehead atoms. The Bertz CT molecular complexity index is 715. The Balaban J connectivity index is 2.01. The summed E-state index contributed by atoms with van der Waals surface area (Å²) in [6.07, 6.45) is 0. The Morgan fingerprint density at radius 2 is 2.00 bits per heavy atom. The van der Waals surface area contributed by atoms with E-state index in [1.165, 1.54) is 0 Å². The van der Waals surface area contributed by atoms with Gasteiger partial charge in [0.25, 0.3) is 5.91 Å². The number of rotatable bonds is 1. The smallest absolute Gasteiger partial charge is 0.257 e. The number of benzene rings is 2. The van der Waals surface area contributed by atoms with Gasteiger partial charge in [-0.1, -0.05) is 41.9 Å². The normalized spacial score (nSPS) is 23.9. The summed E-state index contributed by atoms with van der Waals surface area (Å²) in [5, 5.41) is 0.643. The SMILES string of the molecule is O=C1c2ccccc2C2(c3cccc(Cl)c3)OCCN12. The first-order valence-corrected chi connectivity index (χ1v) is 6.93. The fourth-order valence-electron chi connectivity index (χ4n) is 3.19. The van der Waals surface area contributed by atoms with Crippen LogP contribution in [0.4, 0.5) is 0 Å². The summed E-state index contributed by atoms with van der Waals surface area (Å²) < 4.78 is 6.05. The second kappa shape index (κ2) is 4.08. The van der Waals surface area contributed by atoms with Gasteiger partial charge in [-0.15, -0.1) is 0 Å². The topological polar surface area (TPSA) is 29.5 Å². The second-order valence-electron chi connectivity index (χ2n) is 5.01. The van der Waals surface area contributed by atoms with Crippen LogP contribution in [0.3, 0.4) is 0 Å². The van der Waals surface area contributed by atoms with Gasteiger partial charge >= 0.3 is 0 Å². The Kier molecular flexibility index (Phi) is 2.43. The van der Waals surface area contributed by atoms with Crippen molar-refractivity contribution >= 4 is 17.5 Å². The standard InChI is InChI=1S/C16H12ClNO2/c17-12-5-3-4-11(10-12)16-14-7-2-1-6-13(14)15(19)18(16)8-9-20-16/h1-7,10H,8-9H2. The van der Waals surface area contributed by atoms with Crippen molar-refractivity contribution in [3.8, 4) is 0 Å². The maximum absolute atomic E-state index is 12.6. The fourth-order valence-corrected chi connectivity index (χ4v) is 3.38. The van der Waals surface area contributed by atoms with E-state index in [0.29, 0.717) is 23.7 Å². The fraction of sp³-hybridized carbons (Fsp3) is 0.188. The molecule has 0 aliphatic carbocycles. The van der Waals surface area contributed by atoms with Crippen LogP contribution in [0.2, 0.25) is 5.02 Å². The van der Waals surface area contributed by atoms with Crippen molar-refractivity contribution in [2.45, 2.75) is 5.72 Å². The summed E-state index contributed by atoms with van der Waals surface area (Å²) in [6, 6.07) is 15.2. The Labute approximate surface area is 121 Å². The molecule has 4 heteroatoms. The molecule has 3 nitrogen and oxygen atoms in total. The van der Waals surface area contributed by atoms with Crippen molar-refractivity contribution in [1.82, 2.24) is 4.90 Å². The maximum atomic E-state index is 12.6. The lowest BCUT2D eigenvalue weighted by atomic mass is 9.94. The monoisotopic (exact) mass is 285 g/mol. The van der Waals surface area contributed by atoms with Crippen LogP contribution in [0.5, 0.6) is 0 Å². The molecular weight excluding hydrogens is 274 g/mol. The molecule has 0 saturated carbocycles. The van der Waals surface area contributed by atoms with Crippen molar-refractivity contribution in [3.63, 3.8) is 0 Å². The molecule has 2 aliphatic rings. The molecule has 1 saturated heterocycles. The highest BCUT2D eigenvalue weighted by molar-refractivity contribution is 6.30. The van der Waals surface area contributed by atoms with Crippen molar-refractivity contribution in [2.24, 2.45) is 0 Å². The van der Waals surface area contributed by atoms with Crippen LogP contribution in [0, 0.1) is 0 Å². The van der Waals surface area contributed by atoms with Gasteiger partial charge in [0.15, 0.2) is 5.72 Å². The molecule has 0 aromatic heterocycles. The summed E-state index contributed by atoms with van der Waals surface area (Å²) in [6.45, 7) is 1.13. The molecular formula is C16H12ClNO2. The summed E-state index contributed by atoms with van der Waals surface area (Å²) in [7, 11) is 0. The second-order valence-corrected chi connectivity index (χ2v) is 5.44. The lowest BCUT2D eigenvalue weighted by Crippen LogP contribution is -2.40. The highest BCUT2D eigenvalue weighted by Crippen LogP contribution is 2.47. The number of nitrogens with zero attached hydrogens (tertiary/aromatic N) is 1. The van der Waals surface area contributed by atoms with Gasteiger partial charge in [-0.3, -0.25) is 9.69 Å². The quantitative estimate of drug-likeness (QED) is 0.806. The lowest BCUT2D eigenvalue weighted by Gasteiger charge is -2.32. The number of ether oxygens (including phenoxy) is 1. The van der Waals surface area contributed by atoms with E-state index in [-0.39, 0.29) is 5.91 Å². The first-order chi connectivity index (χ1) is 9.73. The van der Waals surface area contributed by atoms with Crippen molar-refractivity contribution in [3.05, 3.63) is 70.2 Å². The van der Waals surface area contributed by atoms with Crippen LogP contribution < -0.4 is 0 Å². The molecule has 1 unspecified atom stereocenters. The lowest BCUT2D eigenvalue weighted by molar-refractivity contribution is -0.0304. The predicted octanol–water partition coefficient (Wildman–Crippen LogP) is 3.03. The van der Waals surface area contributed by atoms with Gasteiger partial charge in [-0.05, 0) is 18.2 Å². The van der Waals surface area contributed by atoms with Crippen LogP contribution >= 0.6 is 11.6 Å². The van der Waals surface area contributed by atoms with E-state index >= 15 is 0 Å². The van der Waals surface area contributed by atoms with E-state index in [9.17, 15) is 4.79 Å². The van der Waals surface area contributed by atoms with E-state index in [1.54, 1.807) is 4.90 Å². The van der Waals surface area contributed by atoms with Gasteiger partial charge < -0.3 is 4.74 Å². The molecule has 0 N–H and O–H groups in total. The number of halogens is 1. The zero-order valence-corrected chi connectivity index (χ0v) is 11.4. The van der Waals surface area contributed by atoms with E-state index in [1.807, 2.05) is 48.5 Å². The first-order valence-electron chi connectivity index (χ1n) is 6.55. The van der Waals surface area contributed by atoms with E-state index in [4.69, 9.17) is 16.3 Å². The third-order valence-corrected chi connectivity index (χ3v) is 4.22. The maximum Gasteiger partial charge on any atom is 0.257 e. The van der Waals surface area contributed by atoms with Crippen LogP contribution in [0.25, 0.3) is 0 Å². The molecule has 0 radical (unpaired) electrons. The predicted molar refractivity (Wildman–Crippen MR) is 75.7 cm³/mol. The molecule has 0 spiro atoms. The van der Waals surface area contributed by atoms with Crippen LogP contribution in [0.1, 0.15) is 21.5 Å². The molecule has 20 heavy (non-hydrogen) atoms. The number of hydrogen-bond donors (Lipinski definition) is 0. The third-order valence-electron chi connectivity index (χ3n) is 3.99. The van der Waals surface area contributed by atoms with Crippen molar-refractivity contribution in [1.29, 1.82) is 0 Å². The summed E-state index contributed by atoms with van der Waals surface area (Å²) in [5.41, 5.74) is 1.72. The van der Waals surface area contributed by atoms with Crippen LogP contribution in [0.15, 0.2) is 48.5 Å². The molecule has 2 heterocycles. The van der Waals surface area contributed by atoms with Gasteiger partial charge in [-0.2, -0.15) is 0 Å². The minimum Gasteiger partial charge on any atom is -0.345 e. The molecule has 100 valence electrons. The molecule has 1 fully saturated rings. The van der Waals surface area contributed by atoms with E-state index in [0.717, 1.165) is 11.1 Å². The largest absolute Gasteiger partial charge is 0.345 e. The van der Waals surface area contributed by atoms with E-state index < -0.39 is 5.72 Å². The minimum atomic E-state index is -0.807. The van der Waals surface area contributed by atoms with Gasteiger partial charge in [-0.25, -0.2) is 0 Å². The van der Waals surface area contributed by atoms with Gasteiger partial charge in [0.1, 0.15) is 0 Å². The summed E-state index contributed by atoms with van der Waals surface area (Å²) in [5.74, 6) is 0.0260. The average molecular weight is 286 g/mol. The van der Waals surface area contributed by atoms with Crippen LogP contribution in [-0.4, -0.2) is 24.0 Å². The molecule has 1 amide bonds. The van der Waals surface area contributed by atoms with Gasteiger partial charge in [0.2, 0.25) is 0 Å². The summed E-state index contributed by atoms with van der Waals surface area (Å²) >= 11 is 6.11. The number of fused-ring (bicyclic) bond motifs is 3. The zero-order chi connectivity index (χ0) is 13.7. The molecule has 2 aromatic carbocycles. The molecule has 4 rings (SSSR count). The number of carbonyl (C=O) groups excluding carboxylic acids is 1. The number of hydrogen-bond acceptors (Lipinski definition) is 2. The Morgan fingerprint density at radius 1 is 1.15 bits per heavy atom.